The molecule has 0 amide bonds. The summed E-state index contributed by atoms with van der Waals surface area (Å²) in [4.78, 5) is 0. The van der Waals surface area contributed by atoms with Crippen molar-refractivity contribution in [2.24, 2.45) is 7.05 Å². The monoisotopic (exact) mass is 199 g/mol. The number of hydrogen-bond donors (Lipinski definition) is 0. The van der Waals surface area contributed by atoms with Gasteiger partial charge in [0.1, 0.15) is 5.82 Å². The topological polar surface area (TPSA) is 30.7 Å². The summed E-state index contributed by atoms with van der Waals surface area (Å²) in [5, 5.41) is 8.05. The molecule has 0 saturated heterocycles. The van der Waals surface area contributed by atoms with Gasteiger partial charge < -0.3 is 4.57 Å². The molecule has 0 bridgehead atoms. The van der Waals surface area contributed by atoms with Crippen LogP contribution in [0.1, 0.15) is 17.2 Å². The van der Waals surface area contributed by atoms with Gasteiger partial charge in [-0.1, -0.05) is 36.4 Å². The Labute approximate surface area is 89.1 Å². The Bertz CT molecular complexity index is 469. The fourth-order valence-electron chi connectivity index (χ4n) is 1.30. The number of aryl methyl sites for hydroxylation is 1. The van der Waals surface area contributed by atoms with E-state index in [4.69, 9.17) is 0 Å². The first kappa shape index (κ1) is 9.65. The summed E-state index contributed by atoms with van der Waals surface area (Å²) in [7, 11) is 1.96. The fraction of sp³-hybridized carbons (Fsp3) is 0.167. The number of hydrogen-bond acceptors (Lipinski definition) is 2. The van der Waals surface area contributed by atoms with Crippen LogP contribution < -0.4 is 0 Å². The van der Waals surface area contributed by atoms with Gasteiger partial charge in [-0.15, -0.1) is 10.2 Å². The number of rotatable bonds is 2. The smallest absolute Gasteiger partial charge is 0.156 e. The second-order valence-electron chi connectivity index (χ2n) is 3.41. The molecular formula is C12H13N3. The molecular weight excluding hydrogens is 186 g/mol. The zero-order valence-electron chi connectivity index (χ0n) is 8.88. The normalized spacial score (nSPS) is 11.1. The van der Waals surface area contributed by atoms with Crippen molar-refractivity contribution in [1.82, 2.24) is 14.8 Å². The van der Waals surface area contributed by atoms with Crippen molar-refractivity contribution >= 4 is 12.2 Å². The molecule has 76 valence electrons. The number of nitrogens with zero attached hydrogens (tertiary/aromatic N) is 3. The summed E-state index contributed by atoms with van der Waals surface area (Å²) < 4.78 is 1.96. The average molecular weight is 199 g/mol. The van der Waals surface area contributed by atoms with Gasteiger partial charge in [-0.25, -0.2) is 0 Å². The van der Waals surface area contributed by atoms with Crippen molar-refractivity contribution in [1.29, 1.82) is 0 Å². The first-order valence-electron chi connectivity index (χ1n) is 4.86. The zero-order chi connectivity index (χ0) is 10.7. The molecule has 0 atom stereocenters. The Kier molecular flexibility index (Phi) is 2.63. The van der Waals surface area contributed by atoms with Crippen molar-refractivity contribution in [3.05, 3.63) is 47.5 Å². The maximum atomic E-state index is 4.06. The molecule has 0 radical (unpaired) electrons. The second kappa shape index (κ2) is 4.09. The van der Waals surface area contributed by atoms with E-state index in [1.54, 1.807) is 0 Å². The molecule has 0 spiro atoms. The highest BCUT2D eigenvalue weighted by molar-refractivity contribution is 5.66. The SMILES string of the molecule is Cc1nnc(/C=C/c2ccccc2)n1C. The van der Waals surface area contributed by atoms with Crippen LogP contribution in [0, 0.1) is 6.92 Å². The molecule has 15 heavy (non-hydrogen) atoms. The molecule has 3 nitrogen and oxygen atoms in total. The van der Waals surface area contributed by atoms with E-state index in [0.29, 0.717) is 0 Å². The molecule has 3 heteroatoms. The van der Waals surface area contributed by atoms with Crippen LogP contribution in [0.4, 0.5) is 0 Å². The minimum atomic E-state index is 0.872. The summed E-state index contributed by atoms with van der Waals surface area (Å²) in [5.74, 6) is 1.79. The molecule has 0 fully saturated rings. The molecule has 1 aromatic heterocycles. The van der Waals surface area contributed by atoms with Crippen LogP contribution in [0.2, 0.25) is 0 Å². The van der Waals surface area contributed by atoms with Crippen LogP contribution in [-0.4, -0.2) is 14.8 Å². The van der Waals surface area contributed by atoms with Crippen molar-refractivity contribution in [3.8, 4) is 0 Å². The van der Waals surface area contributed by atoms with Gasteiger partial charge in [-0.2, -0.15) is 0 Å². The highest BCUT2D eigenvalue weighted by Crippen LogP contribution is 2.06. The van der Waals surface area contributed by atoms with E-state index in [0.717, 1.165) is 17.2 Å². The Morgan fingerprint density at radius 3 is 2.40 bits per heavy atom. The highest BCUT2D eigenvalue weighted by atomic mass is 15.3. The maximum Gasteiger partial charge on any atom is 0.156 e. The van der Waals surface area contributed by atoms with E-state index in [1.165, 1.54) is 0 Å². The quantitative estimate of drug-likeness (QED) is 0.743. The van der Waals surface area contributed by atoms with Crippen LogP contribution in [-0.2, 0) is 7.05 Å². The van der Waals surface area contributed by atoms with Crippen LogP contribution in [0.15, 0.2) is 30.3 Å². The first-order chi connectivity index (χ1) is 7.27. The van der Waals surface area contributed by atoms with Gasteiger partial charge >= 0.3 is 0 Å². The third-order valence-electron chi connectivity index (χ3n) is 2.35. The lowest BCUT2D eigenvalue weighted by molar-refractivity contribution is 0.849. The lowest BCUT2D eigenvalue weighted by Gasteiger charge is -1.95. The van der Waals surface area contributed by atoms with Crippen molar-refractivity contribution in [2.45, 2.75) is 6.92 Å². The van der Waals surface area contributed by atoms with Crippen LogP contribution in [0.5, 0.6) is 0 Å². The van der Waals surface area contributed by atoms with Crippen molar-refractivity contribution < 1.29 is 0 Å². The third kappa shape index (κ3) is 2.13. The summed E-state index contributed by atoms with van der Waals surface area (Å²) >= 11 is 0. The van der Waals surface area contributed by atoms with E-state index < -0.39 is 0 Å². The fourth-order valence-corrected chi connectivity index (χ4v) is 1.30. The van der Waals surface area contributed by atoms with Crippen molar-refractivity contribution in [2.75, 3.05) is 0 Å². The first-order valence-corrected chi connectivity index (χ1v) is 4.86. The second-order valence-corrected chi connectivity index (χ2v) is 3.41. The van der Waals surface area contributed by atoms with Crippen LogP contribution in [0.25, 0.3) is 12.2 Å². The third-order valence-corrected chi connectivity index (χ3v) is 2.35. The minimum absolute atomic E-state index is 0.872. The van der Waals surface area contributed by atoms with E-state index >= 15 is 0 Å². The maximum absolute atomic E-state index is 4.06. The molecule has 0 aliphatic heterocycles. The summed E-state index contributed by atoms with van der Waals surface area (Å²) in [5.41, 5.74) is 1.16. The van der Waals surface area contributed by atoms with E-state index in [1.807, 2.05) is 48.9 Å². The van der Waals surface area contributed by atoms with E-state index in [2.05, 4.69) is 22.3 Å². The number of benzene rings is 1. The van der Waals surface area contributed by atoms with Crippen molar-refractivity contribution in [3.63, 3.8) is 0 Å². The van der Waals surface area contributed by atoms with Gasteiger partial charge in [0.2, 0.25) is 0 Å². The molecule has 0 unspecified atom stereocenters. The molecule has 1 heterocycles. The van der Waals surface area contributed by atoms with Gasteiger partial charge in [0.25, 0.3) is 0 Å². The standard InChI is InChI=1S/C12H13N3/c1-10-13-14-12(15(10)2)9-8-11-6-4-3-5-7-11/h3-9H,1-2H3/b9-8+. The molecule has 0 aliphatic carbocycles. The average Bonchev–Trinajstić information content (AvgIpc) is 2.59. The molecule has 2 aromatic rings. The molecule has 0 aliphatic rings. The molecule has 2 rings (SSSR count). The number of aromatic nitrogens is 3. The van der Waals surface area contributed by atoms with E-state index in [9.17, 15) is 0 Å². The Balaban J connectivity index is 2.23. The molecule has 0 saturated carbocycles. The van der Waals surface area contributed by atoms with Gasteiger partial charge in [-0.05, 0) is 18.6 Å². The predicted octanol–water partition coefficient (Wildman–Crippen LogP) is 2.29. The van der Waals surface area contributed by atoms with E-state index in [-0.39, 0.29) is 0 Å². The van der Waals surface area contributed by atoms with Crippen LogP contribution >= 0.6 is 0 Å². The largest absolute Gasteiger partial charge is 0.315 e. The van der Waals surface area contributed by atoms with Crippen LogP contribution in [0.3, 0.4) is 0 Å². The van der Waals surface area contributed by atoms with Gasteiger partial charge in [-0.3, -0.25) is 0 Å². The summed E-state index contributed by atoms with van der Waals surface area (Å²) in [6, 6.07) is 10.1. The molecule has 1 aromatic carbocycles. The summed E-state index contributed by atoms with van der Waals surface area (Å²) in [6.45, 7) is 1.94. The Morgan fingerprint density at radius 2 is 1.80 bits per heavy atom. The minimum Gasteiger partial charge on any atom is -0.315 e. The Morgan fingerprint density at radius 1 is 1.07 bits per heavy atom. The lowest BCUT2D eigenvalue weighted by Crippen LogP contribution is -1.93. The van der Waals surface area contributed by atoms with Gasteiger partial charge in [0, 0.05) is 7.05 Å². The molecule has 0 N–H and O–H groups in total. The predicted molar refractivity (Wildman–Crippen MR) is 61.1 cm³/mol. The summed E-state index contributed by atoms with van der Waals surface area (Å²) in [6.07, 6.45) is 4.00. The van der Waals surface area contributed by atoms with Gasteiger partial charge in [0.15, 0.2) is 5.82 Å². The van der Waals surface area contributed by atoms with Gasteiger partial charge in [0.05, 0.1) is 0 Å². The Hall–Kier alpha value is -1.90. The lowest BCUT2D eigenvalue weighted by atomic mass is 10.2. The highest BCUT2D eigenvalue weighted by Gasteiger charge is 1.99. The zero-order valence-corrected chi connectivity index (χ0v) is 8.88.